The number of carbonyl (C=O) groups excluding carboxylic acids is 2. The van der Waals surface area contributed by atoms with Crippen molar-refractivity contribution < 1.29 is 24.2 Å². The molecule has 1 aromatic carbocycles. The summed E-state index contributed by atoms with van der Waals surface area (Å²) in [6, 6.07) is 8.32. The van der Waals surface area contributed by atoms with E-state index < -0.39 is 29.6 Å². The lowest BCUT2D eigenvalue weighted by atomic mass is 9.87. The molecule has 0 aliphatic carbocycles. The van der Waals surface area contributed by atoms with Crippen LogP contribution in [0.1, 0.15) is 38.7 Å². The SMILES string of the molecule is CC[C@@H](OC(C)=O)[C@H](NC(=O)C1(Cc2ccccc2)CCCN1)C(=O)O. The monoisotopic (exact) mass is 362 g/mol. The van der Waals surface area contributed by atoms with Gasteiger partial charge in [-0.15, -0.1) is 0 Å². The van der Waals surface area contributed by atoms with E-state index in [1.165, 1.54) is 6.92 Å². The lowest BCUT2D eigenvalue weighted by Gasteiger charge is -2.32. The number of amides is 1. The molecule has 0 aromatic heterocycles. The maximum absolute atomic E-state index is 13.0. The first-order valence-electron chi connectivity index (χ1n) is 8.88. The number of benzene rings is 1. The van der Waals surface area contributed by atoms with Crippen LogP contribution in [0.2, 0.25) is 0 Å². The molecule has 1 amide bonds. The van der Waals surface area contributed by atoms with E-state index in [4.69, 9.17) is 4.74 Å². The highest BCUT2D eigenvalue weighted by molar-refractivity contribution is 5.91. The quantitative estimate of drug-likeness (QED) is 0.602. The van der Waals surface area contributed by atoms with E-state index in [-0.39, 0.29) is 12.3 Å². The normalized spacial score (nSPS) is 21.6. The summed E-state index contributed by atoms with van der Waals surface area (Å²) >= 11 is 0. The Morgan fingerprint density at radius 1 is 1.31 bits per heavy atom. The van der Waals surface area contributed by atoms with Gasteiger partial charge in [0.2, 0.25) is 5.91 Å². The Morgan fingerprint density at radius 3 is 2.50 bits per heavy atom. The standard InChI is InChI=1S/C19H26N2O5/c1-3-15(26-13(2)22)16(17(23)24)21-18(25)19(10-7-11-20-19)12-14-8-5-4-6-9-14/h4-6,8-9,15-16,20H,3,7,10-12H2,1-2H3,(H,21,25)(H,23,24)/t15-,16+,19?/m1/s1. The molecule has 1 fully saturated rings. The number of carbonyl (C=O) groups is 3. The summed E-state index contributed by atoms with van der Waals surface area (Å²) in [5.41, 5.74) is 0.139. The molecule has 0 spiro atoms. The van der Waals surface area contributed by atoms with Crippen molar-refractivity contribution in [1.29, 1.82) is 0 Å². The Kier molecular flexibility index (Phi) is 6.74. The Hall–Kier alpha value is -2.41. The fraction of sp³-hybridized carbons (Fsp3) is 0.526. The molecule has 1 aromatic rings. The zero-order chi connectivity index (χ0) is 19.2. The number of hydrogen-bond donors (Lipinski definition) is 3. The van der Waals surface area contributed by atoms with Gasteiger partial charge in [-0.25, -0.2) is 4.79 Å². The maximum atomic E-state index is 13.0. The smallest absolute Gasteiger partial charge is 0.330 e. The molecule has 7 nitrogen and oxygen atoms in total. The lowest BCUT2D eigenvalue weighted by Crippen LogP contribution is -2.60. The molecule has 1 aliphatic rings. The van der Waals surface area contributed by atoms with Gasteiger partial charge in [0.05, 0.1) is 0 Å². The number of ether oxygens (including phenoxy) is 1. The van der Waals surface area contributed by atoms with E-state index in [9.17, 15) is 19.5 Å². The van der Waals surface area contributed by atoms with Crippen LogP contribution in [-0.2, 0) is 25.5 Å². The van der Waals surface area contributed by atoms with Crippen LogP contribution < -0.4 is 10.6 Å². The molecule has 26 heavy (non-hydrogen) atoms. The van der Waals surface area contributed by atoms with E-state index in [0.29, 0.717) is 19.4 Å². The van der Waals surface area contributed by atoms with E-state index in [0.717, 1.165) is 12.0 Å². The minimum Gasteiger partial charge on any atom is -0.480 e. The van der Waals surface area contributed by atoms with Crippen LogP contribution in [0.15, 0.2) is 30.3 Å². The van der Waals surface area contributed by atoms with Gasteiger partial charge in [-0.2, -0.15) is 0 Å². The van der Waals surface area contributed by atoms with Crippen LogP contribution in [-0.4, -0.2) is 47.2 Å². The summed E-state index contributed by atoms with van der Waals surface area (Å²) in [6.45, 7) is 3.63. The number of hydrogen-bond acceptors (Lipinski definition) is 5. The topological polar surface area (TPSA) is 105 Å². The summed E-state index contributed by atoms with van der Waals surface area (Å²) in [6.07, 6.45) is 1.29. The van der Waals surface area contributed by atoms with Crippen molar-refractivity contribution in [1.82, 2.24) is 10.6 Å². The molecule has 1 unspecified atom stereocenters. The first-order chi connectivity index (χ1) is 12.4. The second kappa shape index (κ2) is 8.80. The molecule has 1 heterocycles. The Balaban J connectivity index is 2.19. The highest BCUT2D eigenvalue weighted by Gasteiger charge is 2.43. The van der Waals surface area contributed by atoms with Crippen molar-refractivity contribution in [2.24, 2.45) is 0 Å². The first-order valence-corrected chi connectivity index (χ1v) is 8.88. The van der Waals surface area contributed by atoms with Crippen molar-refractivity contribution in [3.05, 3.63) is 35.9 Å². The summed E-state index contributed by atoms with van der Waals surface area (Å²) in [5.74, 6) is -2.17. The third-order valence-corrected chi connectivity index (χ3v) is 4.67. The van der Waals surface area contributed by atoms with Gasteiger partial charge in [-0.05, 0) is 37.8 Å². The van der Waals surface area contributed by atoms with Gasteiger partial charge in [0.15, 0.2) is 6.04 Å². The minimum absolute atomic E-state index is 0.288. The minimum atomic E-state index is -1.29. The van der Waals surface area contributed by atoms with Crippen molar-refractivity contribution in [2.45, 2.75) is 57.2 Å². The molecule has 0 saturated carbocycles. The summed E-state index contributed by atoms with van der Waals surface area (Å²) in [7, 11) is 0. The van der Waals surface area contributed by atoms with Gasteiger partial charge >= 0.3 is 11.9 Å². The van der Waals surface area contributed by atoms with Crippen LogP contribution in [0.4, 0.5) is 0 Å². The number of nitrogens with one attached hydrogen (secondary N) is 2. The van der Waals surface area contributed by atoms with Crippen molar-refractivity contribution >= 4 is 17.8 Å². The predicted molar refractivity (Wildman–Crippen MR) is 95.5 cm³/mol. The van der Waals surface area contributed by atoms with Gasteiger partial charge in [-0.1, -0.05) is 37.3 Å². The molecule has 7 heteroatoms. The van der Waals surface area contributed by atoms with Crippen LogP contribution in [0.5, 0.6) is 0 Å². The molecule has 0 bridgehead atoms. The highest BCUT2D eigenvalue weighted by Crippen LogP contribution is 2.25. The van der Waals surface area contributed by atoms with Crippen LogP contribution in [0, 0.1) is 0 Å². The van der Waals surface area contributed by atoms with Crippen molar-refractivity contribution in [3.63, 3.8) is 0 Å². The van der Waals surface area contributed by atoms with E-state index in [1.54, 1.807) is 6.92 Å². The Labute approximate surface area is 153 Å². The van der Waals surface area contributed by atoms with Gasteiger partial charge in [-0.3, -0.25) is 9.59 Å². The maximum Gasteiger partial charge on any atom is 0.330 e. The fourth-order valence-electron chi connectivity index (χ4n) is 3.37. The second-order valence-corrected chi connectivity index (χ2v) is 6.62. The number of carboxylic acid groups (broad SMARTS) is 1. The van der Waals surface area contributed by atoms with E-state index in [1.807, 2.05) is 30.3 Å². The van der Waals surface area contributed by atoms with E-state index in [2.05, 4.69) is 10.6 Å². The Morgan fingerprint density at radius 2 is 2.00 bits per heavy atom. The average Bonchev–Trinajstić information content (AvgIpc) is 3.07. The van der Waals surface area contributed by atoms with Gasteiger partial charge in [0.25, 0.3) is 0 Å². The largest absolute Gasteiger partial charge is 0.480 e. The number of aliphatic carboxylic acids is 1. The predicted octanol–water partition coefficient (Wildman–Crippen LogP) is 1.26. The summed E-state index contributed by atoms with van der Waals surface area (Å²) in [5, 5.41) is 15.4. The van der Waals surface area contributed by atoms with Gasteiger partial charge in [0, 0.05) is 6.92 Å². The van der Waals surface area contributed by atoms with Gasteiger partial charge in [0.1, 0.15) is 11.6 Å². The average molecular weight is 362 g/mol. The summed E-state index contributed by atoms with van der Waals surface area (Å²) in [4.78, 5) is 35.9. The highest BCUT2D eigenvalue weighted by atomic mass is 16.5. The molecular weight excluding hydrogens is 336 g/mol. The van der Waals surface area contributed by atoms with Crippen LogP contribution in [0.25, 0.3) is 0 Å². The molecule has 142 valence electrons. The molecule has 3 N–H and O–H groups in total. The lowest BCUT2D eigenvalue weighted by molar-refractivity contribution is -0.156. The zero-order valence-corrected chi connectivity index (χ0v) is 15.2. The molecular formula is C19H26N2O5. The Bertz CT molecular complexity index is 641. The molecule has 3 atom stereocenters. The third-order valence-electron chi connectivity index (χ3n) is 4.67. The zero-order valence-electron chi connectivity index (χ0n) is 15.2. The number of esters is 1. The van der Waals surface area contributed by atoms with Gasteiger partial charge < -0.3 is 20.5 Å². The first kappa shape index (κ1) is 19.9. The van der Waals surface area contributed by atoms with Crippen molar-refractivity contribution in [2.75, 3.05) is 6.54 Å². The van der Waals surface area contributed by atoms with Crippen LogP contribution in [0.3, 0.4) is 0 Å². The van der Waals surface area contributed by atoms with Crippen LogP contribution >= 0.6 is 0 Å². The second-order valence-electron chi connectivity index (χ2n) is 6.62. The van der Waals surface area contributed by atoms with E-state index >= 15 is 0 Å². The molecule has 2 rings (SSSR count). The molecule has 1 saturated heterocycles. The molecule has 0 radical (unpaired) electrons. The molecule has 1 aliphatic heterocycles. The fourth-order valence-corrected chi connectivity index (χ4v) is 3.37. The summed E-state index contributed by atoms with van der Waals surface area (Å²) < 4.78 is 5.08. The number of rotatable bonds is 8. The third kappa shape index (κ3) is 4.82. The number of carboxylic acids is 1. The van der Waals surface area contributed by atoms with Crippen molar-refractivity contribution in [3.8, 4) is 0 Å².